The zero-order chi connectivity index (χ0) is 14.8. The molecule has 1 aliphatic heterocycles. The summed E-state index contributed by atoms with van der Waals surface area (Å²) in [7, 11) is 0. The molecule has 21 heavy (non-hydrogen) atoms. The summed E-state index contributed by atoms with van der Waals surface area (Å²) < 4.78 is 5.48. The molecule has 1 aromatic heterocycles. The zero-order valence-electron chi connectivity index (χ0n) is 13.2. The van der Waals surface area contributed by atoms with Crippen LogP contribution in [0.15, 0.2) is 34.9 Å². The lowest BCUT2D eigenvalue weighted by Crippen LogP contribution is -2.22. The smallest absolute Gasteiger partial charge is 0.139 e. The molecule has 0 spiro atoms. The highest BCUT2D eigenvalue weighted by molar-refractivity contribution is 5.22. The maximum atomic E-state index is 5.48. The molecule has 1 aromatic carbocycles. The Morgan fingerprint density at radius 3 is 2.71 bits per heavy atom. The molecule has 0 aliphatic carbocycles. The SMILES string of the molecule is Cc1ccc(CN2CCC[C@@H]2c2cc(C(C)C)on2)cc1. The van der Waals surface area contributed by atoms with Crippen molar-refractivity contribution in [1.29, 1.82) is 0 Å². The number of rotatable bonds is 4. The second-order valence-corrected chi connectivity index (χ2v) is 6.42. The fourth-order valence-electron chi connectivity index (χ4n) is 3.01. The highest BCUT2D eigenvalue weighted by Crippen LogP contribution is 2.33. The summed E-state index contributed by atoms with van der Waals surface area (Å²) in [4.78, 5) is 2.52. The van der Waals surface area contributed by atoms with Crippen LogP contribution < -0.4 is 0 Å². The topological polar surface area (TPSA) is 29.3 Å². The Hall–Kier alpha value is -1.61. The number of likely N-dealkylation sites (tertiary alicyclic amines) is 1. The minimum absolute atomic E-state index is 0.401. The molecular formula is C18H24N2O. The van der Waals surface area contributed by atoms with Crippen LogP contribution in [0.3, 0.4) is 0 Å². The fraction of sp³-hybridized carbons (Fsp3) is 0.500. The van der Waals surface area contributed by atoms with Gasteiger partial charge in [-0.05, 0) is 31.9 Å². The predicted octanol–water partition coefficient (Wildman–Crippen LogP) is 4.44. The zero-order valence-corrected chi connectivity index (χ0v) is 13.2. The Balaban J connectivity index is 1.74. The van der Waals surface area contributed by atoms with Crippen molar-refractivity contribution in [2.24, 2.45) is 0 Å². The van der Waals surface area contributed by atoms with Crippen LogP contribution in [0.25, 0.3) is 0 Å². The average molecular weight is 284 g/mol. The van der Waals surface area contributed by atoms with Crippen molar-refractivity contribution in [3.05, 3.63) is 52.9 Å². The molecule has 3 nitrogen and oxygen atoms in total. The van der Waals surface area contributed by atoms with Gasteiger partial charge < -0.3 is 4.52 Å². The molecule has 0 unspecified atom stereocenters. The van der Waals surface area contributed by atoms with E-state index in [1.807, 2.05) is 0 Å². The molecule has 2 aromatic rings. The van der Waals surface area contributed by atoms with Gasteiger partial charge in [-0.3, -0.25) is 4.90 Å². The van der Waals surface area contributed by atoms with Crippen LogP contribution >= 0.6 is 0 Å². The number of hydrogen-bond acceptors (Lipinski definition) is 3. The third-order valence-corrected chi connectivity index (χ3v) is 4.33. The summed E-state index contributed by atoms with van der Waals surface area (Å²) in [5.41, 5.74) is 3.79. The number of benzene rings is 1. The van der Waals surface area contributed by atoms with E-state index < -0.39 is 0 Å². The van der Waals surface area contributed by atoms with Crippen molar-refractivity contribution in [2.75, 3.05) is 6.54 Å². The predicted molar refractivity (Wildman–Crippen MR) is 84.2 cm³/mol. The Kier molecular flexibility index (Phi) is 4.11. The summed E-state index contributed by atoms with van der Waals surface area (Å²) in [6, 6.07) is 11.4. The van der Waals surface area contributed by atoms with Crippen molar-refractivity contribution >= 4 is 0 Å². The highest BCUT2D eigenvalue weighted by Gasteiger charge is 2.28. The van der Waals surface area contributed by atoms with E-state index in [1.165, 1.54) is 24.0 Å². The number of aryl methyl sites for hydroxylation is 1. The molecule has 3 rings (SSSR count). The number of nitrogens with zero attached hydrogens (tertiary/aromatic N) is 2. The monoisotopic (exact) mass is 284 g/mol. The average Bonchev–Trinajstić information content (AvgIpc) is 3.09. The van der Waals surface area contributed by atoms with Crippen LogP contribution in [0.4, 0.5) is 0 Å². The van der Waals surface area contributed by atoms with Gasteiger partial charge in [-0.1, -0.05) is 48.8 Å². The lowest BCUT2D eigenvalue weighted by molar-refractivity contribution is 0.236. The van der Waals surface area contributed by atoms with Crippen LogP contribution in [0.2, 0.25) is 0 Å². The van der Waals surface area contributed by atoms with Crippen molar-refractivity contribution in [3.8, 4) is 0 Å². The van der Waals surface area contributed by atoms with Crippen LogP contribution in [0.5, 0.6) is 0 Å². The molecule has 0 bridgehead atoms. The number of hydrogen-bond donors (Lipinski definition) is 0. The van der Waals surface area contributed by atoms with Gasteiger partial charge in [0.15, 0.2) is 0 Å². The van der Waals surface area contributed by atoms with E-state index in [0.717, 1.165) is 24.5 Å². The van der Waals surface area contributed by atoms with Gasteiger partial charge in [-0.25, -0.2) is 0 Å². The van der Waals surface area contributed by atoms with Crippen molar-refractivity contribution in [2.45, 2.75) is 52.1 Å². The standard InChI is InChI=1S/C18H24N2O/c1-13(2)18-11-16(19-21-18)17-5-4-10-20(17)12-15-8-6-14(3)7-9-15/h6-9,11,13,17H,4-5,10,12H2,1-3H3/t17-/m1/s1. The molecule has 1 saturated heterocycles. The van der Waals surface area contributed by atoms with Crippen LogP contribution in [-0.4, -0.2) is 16.6 Å². The van der Waals surface area contributed by atoms with Gasteiger partial charge in [0.05, 0.1) is 6.04 Å². The van der Waals surface area contributed by atoms with Gasteiger partial charge in [0.2, 0.25) is 0 Å². The van der Waals surface area contributed by atoms with Crippen LogP contribution in [0.1, 0.15) is 61.2 Å². The number of aromatic nitrogens is 1. The molecule has 0 amide bonds. The summed E-state index contributed by atoms with van der Waals surface area (Å²) in [5.74, 6) is 1.39. The molecule has 0 radical (unpaired) electrons. The quantitative estimate of drug-likeness (QED) is 0.831. The lowest BCUT2D eigenvalue weighted by Gasteiger charge is -2.22. The maximum Gasteiger partial charge on any atom is 0.139 e. The van der Waals surface area contributed by atoms with Crippen LogP contribution in [0, 0.1) is 6.92 Å². The molecule has 3 heteroatoms. The second kappa shape index (κ2) is 6.02. The first-order valence-corrected chi connectivity index (χ1v) is 7.89. The van der Waals surface area contributed by atoms with Gasteiger partial charge in [-0.15, -0.1) is 0 Å². The molecule has 112 valence electrons. The van der Waals surface area contributed by atoms with Gasteiger partial charge in [0.25, 0.3) is 0 Å². The van der Waals surface area contributed by atoms with E-state index in [1.54, 1.807) is 0 Å². The van der Waals surface area contributed by atoms with Gasteiger partial charge in [0.1, 0.15) is 11.5 Å². The minimum Gasteiger partial charge on any atom is -0.361 e. The lowest BCUT2D eigenvalue weighted by atomic mass is 10.1. The summed E-state index contributed by atoms with van der Waals surface area (Å²) in [6.45, 7) is 8.55. The fourth-order valence-corrected chi connectivity index (χ4v) is 3.01. The molecule has 1 fully saturated rings. The molecular weight excluding hydrogens is 260 g/mol. The Morgan fingerprint density at radius 2 is 2.05 bits per heavy atom. The normalized spacial score (nSPS) is 19.5. The van der Waals surface area contributed by atoms with Crippen molar-refractivity contribution in [1.82, 2.24) is 10.1 Å². The van der Waals surface area contributed by atoms with Gasteiger partial charge >= 0.3 is 0 Å². The Morgan fingerprint density at radius 1 is 1.29 bits per heavy atom. The van der Waals surface area contributed by atoms with Crippen molar-refractivity contribution < 1.29 is 4.52 Å². The first kappa shape index (κ1) is 14.3. The highest BCUT2D eigenvalue weighted by atomic mass is 16.5. The maximum absolute atomic E-state index is 5.48. The van der Waals surface area contributed by atoms with E-state index in [9.17, 15) is 0 Å². The minimum atomic E-state index is 0.401. The molecule has 2 heterocycles. The van der Waals surface area contributed by atoms with E-state index in [-0.39, 0.29) is 0 Å². The summed E-state index contributed by atoms with van der Waals surface area (Å²) in [6.07, 6.45) is 2.41. The first-order valence-electron chi connectivity index (χ1n) is 7.89. The van der Waals surface area contributed by atoms with E-state index in [2.05, 4.69) is 61.2 Å². The van der Waals surface area contributed by atoms with Gasteiger partial charge in [0, 0.05) is 18.5 Å². The Bertz CT molecular complexity index is 586. The summed E-state index contributed by atoms with van der Waals surface area (Å²) in [5, 5.41) is 4.31. The van der Waals surface area contributed by atoms with E-state index in [0.29, 0.717) is 12.0 Å². The first-order chi connectivity index (χ1) is 10.1. The Labute approximate surface area is 126 Å². The molecule has 1 atom stereocenters. The summed E-state index contributed by atoms with van der Waals surface area (Å²) >= 11 is 0. The molecule has 0 saturated carbocycles. The largest absolute Gasteiger partial charge is 0.361 e. The third kappa shape index (κ3) is 3.18. The van der Waals surface area contributed by atoms with Gasteiger partial charge in [-0.2, -0.15) is 0 Å². The third-order valence-electron chi connectivity index (χ3n) is 4.33. The van der Waals surface area contributed by atoms with E-state index >= 15 is 0 Å². The second-order valence-electron chi connectivity index (χ2n) is 6.42. The van der Waals surface area contributed by atoms with Crippen LogP contribution in [-0.2, 0) is 6.54 Å². The molecule has 0 N–H and O–H groups in total. The van der Waals surface area contributed by atoms with E-state index in [4.69, 9.17) is 4.52 Å². The molecule has 1 aliphatic rings. The van der Waals surface area contributed by atoms with Crippen molar-refractivity contribution in [3.63, 3.8) is 0 Å².